The van der Waals surface area contributed by atoms with Crippen molar-refractivity contribution in [2.45, 2.75) is 13.3 Å². The van der Waals surface area contributed by atoms with Crippen LogP contribution in [0.2, 0.25) is 0 Å². The first-order valence-corrected chi connectivity index (χ1v) is 10.1. The smallest absolute Gasteiger partial charge is 0.337 e. The van der Waals surface area contributed by atoms with Gasteiger partial charge in [0.2, 0.25) is 15.9 Å². The molecule has 7 nitrogen and oxygen atoms in total. The summed E-state index contributed by atoms with van der Waals surface area (Å²) >= 11 is 0. The van der Waals surface area contributed by atoms with E-state index in [2.05, 4.69) is 10.1 Å². The lowest BCUT2D eigenvalue weighted by Gasteiger charge is -2.22. The quantitative estimate of drug-likeness (QED) is 0.734. The summed E-state index contributed by atoms with van der Waals surface area (Å²) in [7, 11) is -2.23. The van der Waals surface area contributed by atoms with Crippen molar-refractivity contribution in [3.05, 3.63) is 59.7 Å². The summed E-state index contributed by atoms with van der Waals surface area (Å²) in [5.41, 5.74) is 2.33. The number of esters is 1. The van der Waals surface area contributed by atoms with Gasteiger partial charge in [-0.15, -0.1) is 0 Å². The minimum absolute atomic E-state index is 0.0141. The second-order valence-electron chi connectivity index (χ2n) is 6.04. The second-order valence-corrected chi connectivity index (χ2v) is 7.95. The van der Waals surface area contributed by atoms with E-state index in [9.17, 15) is 18.0 Å². The van der Waals surface area contributed by atoms with Gasteiger partial charge in [0.15, 0.2) is 0 Å². The van der Waals surface area contributed by atoms with E-state index in [0.717, 1.165) is 11.8 Å². The SMILES string of the molecule is COC(=O)c1ccc(NC(=O)CCN(c2cccc(C)c2)S(C)(=O)=O)cc1. The highest BCUT2D eigenvalue weighted by Crippen LogP contribution is 2.19. The van der Waals surface area contributed by atoms with Crippen molar-refractivity contribution in [1.82, 2.24) is 0 Å². The van der Waals surface area contributed by atoms with Crippen LogP contribution in [0.1, 0.15) is 22.3 Å². The van der Waals surface area contributed by atoms with E-state index in [1.807, 2.05) is 13.0 Å². The molecule has 2 aromatic carbocycles. The van der Waals surface area contributed by atoms with Crippen molar-refractivity contribution >= 4 is 33.3 Å². The largest absolute Gasteiger partial charge is 0.465 e. The van der Waals surface area contributed by atoms with E-state index < -0.39 is 16.0 Å². The molecule has 0 heterocycles. The lowest BCUT2D eigenvalue weighted by atomic mass is 10.2. The lowest BCUT2D eigenvalue weighted by Crippen LogP contribution is -2.33. The molecule has 0 atom stereocenters. The third-order valence-corrected chi connectivity index (χ3v) is 5.02. The Morgan fingerprint density at radius 1 is 1.11 bits per heavy atom. The average Bonchev–Trinajstić information content (AvgIpc) is 2.61. The van der Waals surface area contributed by atoms with Gasteiger partial charge in [0.1, 0.15) is 0 Å². The van der Waals surface area contributed by atoms with Crippen molar-refractivity contribution in [3.8, 4) is 0 Å². The van der Waals surface area contributed by atoms with Crippen LogP contribution >= 0.6 is 0 Å². The summed E-state index contributed by atoms with van der Waals surface area (Å²) in [6.45, 7) is 1.89. The van der Waals surface area contributed by atoms with Crippen LogP contribution in [0.25, 0.3) is 0 Å². The zero-order valence-electron chi connectivity index (χ0n) is 15.4. The summed E-state index contributed by atoms with van der Waals surface area (Å²) in [4.78, 5) is 23.6. The number of aryl methyl sites for hydroxylation is 1. The normalized spacial score (nSPS) is 10.9. The van der Waals surface area contributed by atoms with Crippen molar-refractivity contribution in [3.63, 3.8) is 0 Å². The van der Waals surface area contributed by atoms with Crippen LogP contribution in [0.4, 0.5) is 11.4 Å². The molecule has 27 heavy (non-hydrogen) atoms. The Bertz CT molecular complexity index is 923. The number of ether oxygens (including phenoxy) is 1. The monoisotopic (exact) mass is 390 g/mol. The minimum Gasteiger partial charge on any atom is -0.465 e. The third-order valence-electron chi connectivity index (χ3n) is 3.82. The Hall–Kier alpha value is -2.87. The first-order chi connectivity index (χ1) is 12.7. The topological polar surface area (TPSA) is 92.8 Å². The van der Waals surface area contributed by atoms with Crippen molar-refractivity contribution in [1.29, 1.82) is 0 Å². The van der Waals surface area contributed by atoms with E-state index in [0.29, 0.717) is 16.9 Å². The molecule has 0 unspecified atom stereocenters. The van der Waals surface area contributed by atoms with Crippen LogP contribution in [0.3, 0.4) is 0 Å². The summed E-state index contributed by atoms with van der Waals surface area (Å²) in [5.74, 6) is -0.794. The number of carbonyl (C=O) groups excluding carboxylic acids is 2. The zero-order valence-corrected chi connectivity index (χ0v) is 16.2. The molecule has 2 rings (SSSR count). The summed E-state index contributed by atoms with van der Waals surface area (Å²) in [6, 6.07) is 13.3. The fraction of sp³-hybridized carbons (Fsp3) is 0.263. The molecule has 0 aliphatic heterocycles. The van der Waals surface area contributed by atoms with Gasteiger partial charge in [-0.05, 0) is 48.9 Å². The van der Waals surface area contributed by atoms with Crippen LogP contribution in [-0.2, 0) is 19.6 Å². The number of hydrogen-bond acceptors (Lipinski definition) is 5. The summed E-state index contributed by atoms with van der Waals surface area (Å²) in [5, 5.41) is 2.68. The fourth-order valence-corrected chi connectivity index (χ4v) is 3.42. The molecule has 0 radical (unpaired) electrons. The highest BCUT2D eigenvalue weighted by Gasteiger charge is 2.18. The molecule has 8 heteroatoms. The molecule has 0 bridgehead atoms. The molecule has 0 saturated carbocycles. The zero-order chi connectivity index (χ0) is 20.0. The van der Waals surface area contributed by atoms with Crippen LogP contribution in [0.5, 0.6) is 0 Å². The predicted molar refractivity (Wildman–Crippen MR) is 104 cm³/mol. The number of amides is 1. The van der Waals surface area contributed by atoms with Crippen LogP contribution < -0.4 is 9.62 Å². The molecule has 0 aliphatic rings. The number of rotatable bonds is 7. The van der Waals surface area contributed by atoms with E-state index in [-0.39, 0.29) is 18.9 Å². The molecule has 0 fully saturated rings. The molecule has 1 amide bonds. The Morgan fingerprint density at radius 2 is 1.78 bits per heavy atom. The Kier molecular flexibility index (Phi) is 6.57. The van der Waals surface area contributed by atoms with Crippen molar-refractivity contribution in [2.24, 2.45) is 0 Å². The van der Waals surface area contributed by atoms with Crippen molar-refractivity contribution < 1.29 is 22.7 Å². The fourth-order valence-electron chi connectivity index (χ4n) is 2.50. The van der Waals surface area contributed by atoms with Gasteiger partial charge in [-0.25, -0.2) is 13.2 Å². The average molecular weight is 390 g/mol. The van der Waals surface area contributed by atoms with Gasteiger partial charge in [0.05, 0.1) is 24.6 Å². The molecule has 0 aliphatic carbocycles. The van der Waals surface area contributed by atoms with Gasteiger partial charge < -0.3 is 10.1 Å². The first-order valence-electron chi connectivity index (χ1n) is 8.23. The van der Waals surface area contributed by atoms with Crippen LogP contribution in [-0.4, -0.2) is 40.2 Å². The van der Waals surface area contributed by atoms with Crippen molar-refractivity contribution in [2.75, 3.05) is 29.5 Å². The van der Waals surface area contributed by atoms with Crippen LogP contribution in [0, 0.1) is 6.92 Å². The number of hydrogen-bond donors (Lipinski definition) is 1. The maximum Gasteiger partial charge on any atom is 0.337 e. The molecule has 2 aromatic rings. The van der Waals surface area contributed by atoms with Gasteiger partial charge in [-0.3, -0.25) is 9.10 Å². The van der Waals surface area contributed by atoms with Gasteiger partial charge in [0.25, 0.3) is 0 Å². The Morgan fingerprint density at radius 3 is 2.33 bits per heavy atom. The van der Waals surface area contributed by atoms with Gasteiger partial charge in [-0.1, -0.05) is 12.1 Å². The highest BCUT2D eigenvalue weighted by atomic mass is 32.2. The van der Waals surface area contributed by atoms with E-state index in [1.165, 1.54) is 23.5 Å². The third kappa shape index (κ3) is 5.82. The molecule has 0 aromatic heterocycles. The van der Waals surface area contributed by atoms with E-state index >= 15 is 0 Å². The van der Waals surface area contributed by atoms with Crippen LogP contribution in [0.15, 0.2) is 48.5 Å². The van der Waals surface area contributed by atoms with Gasteiger partial charge in [-0.2, -0.15) is 0 Å². The standard InChI is InChI=1S/C19H22N2O5S/c1-14-5-4-6-17(13-14)21(27(3,24)25)12-11-18(22)20-16-9-7-15(8-10-16)19(23)26-2/h4-10,13H,11-12H2,1-3H3,(H,20,22). The number of nitrogens with zero attached hydrogens (tertiary/aromatic N) is 1. The number of methoxy groups -OCH3 is 1. The van der Waals surface area contributed by atoms with E-state index in [1.54, 1.807) is 30.3 Å². The maximum absolute atomic E-state index is 12.2. The second kappa shape index (κ2) is 8.68. The Labute approximate surface area is 159 Å². The molecular formula is C19H22N2O5S. The predicted octanol–water partition coefficient (Wildman–Crippen LogP) is 2.58. The first kappa shape index (κ1) is 20.4. The molecule has 1 N–H and O–H groups in total. The number of anilines is 2. The lowest BCUT2D eigenvalue weighted by molar-refractivity contribution is -0.116. The number of carbonyl (C=O) groups is 2. The Balaban J connectivity index is 2.02. The molecule has 0 saturated heterocycles. The maximum atomic E-state index is 12.2. The highest BCUT2D eigenvalue weighted by molar-refractivity contribution is 7.92. The van der Waals surface area contributed by atoms with Gasteiger partial charge in [0, 0.05) is 18.7 Å². The van der Waals surface area contributed by atoms with Gasteiger partial charge >= 0.3 is 5.97 Å². The van der Waals surface area contributed by atoms with E-state index in [4.69, 9.17) is 0 Å². The molecular weight excluding hydrogens is 368 g/mol. The summed E-state index contributed by atoms with van der Waals surface area (Å²) in [6.07, 6.45) is 1.10. The number of sulfonamides is 1. The number of benzene rings is 2. The minimum atomic E-state index is -3.52. The summed E-state index contributed by atoms with van der Waals surface area (Å²) < 4.78 is 30.0. The molecule has 0 spiro atoms. The number of nitrogens with one attached hydrogen (secondary N) is 1. The molecule has 144 valence electrons.